The van der Waals surface area contributed by atoms with Crippen molar-refractivity contribution >= 4 is 37.1 Å². The molecular weight excluding hydrogens is 463 g/mol. The van der Waals surface area contributed by atoms with Crippen LogP contribution < -0.4 is 21.2 Å². The summed E-state index contributed by atoms with van der Waals surface area (Å²) in [7, 11) is -1.07. The first-order chi connectivity index (χ1) is 13.4. The predicted octanol–water partition coefficient (Wildman–Crippen LogP) is 5.37. The minimum absolute atomic E-state index is 0. The molecule has 0 unspecified atom stereocenters. The summed E-state index contributed by atoms with van der Waals surface area (Å²) in [6.07, 6.45) is 0. The number of benzene rings is 4. The summed E-state index contributed by atoms with van der Waals surface area (Å²) in [5.74, 6) is 2.61. The predicted molar refractivity (Wildman–Crippen MR) is 122 cm³/mol. The molecule has 0 aliphatic rings. The van der Waals surface area contributed by atoms with Gasteiger partial charge in [-0.25, -0.2) is 0 Å². The summed E-state index contributed by atoms with van der Waals surface area (Å²) in [6.45, 7) is 0. The fourth-order valence-electron chi connectivity index (χ4n) is 3.03. The molecule has 0 spiro atoms. The fourth-order valence-corrected chi connectivity index (χ4v) is 8.66. The van der Waals surface area contributed by atoms with E-state index in [0.29, 0.717) is 0 Å². The van der Waals surface area contributed by atoms with Crippen LogP contribution in [0.25, 0.3) is 0 Å². The normalized spacial score (nSPS) is 10.6. The maximum atomic E-state index is 2.61. The molecule has 0 N–H and O–H groups in total. The van der Waals surface area contributed by atoms with E-state index in [2.05, 4.69) is 127 Å². The number of hydrogen-bond acceptors (Lipinski definition) is 0. The zero-order valence-electron chi connectivity index (χ0n) is 15.4. The number of rotatable bonds is 6. The van der Waals surface area contributed by atoms with E-state index in [4.69, 9.17) is 0 Å². The van der Waals surface area contributed by atoms with Crippen molar-refractivity contribution in [3.05, 3.63) is 127 Å². The van der Waals surface area contributed by atoms with E-state index in [1.165, 1.54) is 21.2 Å². The van der Waals surface area contributed by atoms with Crippen molar-refractivity contribution in [3.63, 3.8) is 0 Å². The molecule has 0 nitrogen and oxygen atoms in total. The summed E-state index contributed by atoms with van der Waals surface area (Å²) in [6, 6.07) is 43.7. The third kappa shape index (κ3) is 5.24. The molecule has 4 aromatic rings. The first-order valence-corrected chi connectivity index (χ1v) is 11.9. The molecule has 0 amide bonds. The van der Waals surface area contributed by atoms with Crippen LogP contribution in [-0.2, 0) is 19.5 Å². The largest absolute Gasteiger partial charge is 1.00 e. The van der Waals surface area contributed by atoms with Crippen LogP contribution in [0.4, 0.5) is 0 Å². The van der Waals surface area contributed by atoms with Gasteiger partial charge in [0.1, 0.15) is 0 Å². The van der Waals surface area contributed by atoms with Crippen molar-refractivity contribution in [2.45, 2.75) is 0 Å². The maximum absolute atomic E-state index is 2.61. The molecule has 0 saturated heterocycles. The molecular formula is C25H21P2Ru. The van der Waals surface area contributed by atoms with Crippen LogP contribution in [0.3, 0.4) is 0 Å². The molecule has 0 heterocycles. The van der Waals surface area contributed by atoms with Crippen molar-refractivity contribution in [3.8, 4) is 0 Å². The molecule has 3 heteroatoms. The minimum Gasteiger partial charge on any atom is -0.259 e. The van der Waals surface area contributed by atoms with E-state index in [0.717, 1.165) is 0 Å². The van der Waals surface area contributed by atoms with Gasteiger partial charge in [-0.15, -0.1) is 0 Å². The smallest absolute Gasteiger partial charge is 0.259 e. The molecule has 0 bridgehead atoms. The second kappa shape index (κ2) is 10.8. The summed E-state index contributed by atoms with van der Waals surface area (Å²) in [5.41, 5.74) is 0. The average Bonchev–Trinajstić information content (AvgIpc) is 2.77. The van der Waals surface area contributed by atoms with Crippen LogP contribution in [0.15, 0.2) is 121 Å². The molecule has 0 fully saturated rings. The van der Waals surface area contributed by atoms with Crippen LogP contribution in [0.1, 0.15) is 0 Å². The Hall–Kier alpha value is -1.64. The Kier molecular flexibility index (Phi) is 8.12. The Bertz CT molecular complexity index is 785. The molecule has 28 heavy (non-hydrogen) atoms. The molecule has 1 radical (unpaired) electrons. The van der Waals surface area contributed by atoms with Gasteiger partial charge >= 0.3 is 19.5 Å². The van der Waals surface area contributed by atoms with E-state index in [1.54, 1.807) is 0 Å². The Balaban J connectivity index is 0.00000225. The van der Waals surface area contributed by atoms with Gasteiger partial charge in [0.25, 0.3) is 0 Å². The van der Waals surface area contributed by atoms with Crippen LogP contribution in [-0.4, -0.2) is 0 Å². The van der Waals surface area contributed by atoms with Crippen molar-refractivity contribution in [1.82, 2.24) is 0 Å². The van der Waals surface area contributed by atoms with Gasteiger partial charge in [0.05, 0.1) is 0 Å². The zero-order chi connectivity index (χ0) is 18.3. The quantitative estimate of drug-likeness (QED) is 0.196. The monoisotopic (exact) mass is 485 g/mol. The maximum Gasteiger partial charge on any atom is 1.00 e. The van der Waals surface area contributed by atoms with E-state index in [9.17, 15) is 0 Å². The molecule has 0 aromatic heterocycles. The minimum atomic E-state index is -0.534. The Morgan fingerprint density at radius 1 is 0.357 bits per heavy atom. The Morgan fingerprint density at radius 3 is 0.786 bits per heavy atom. The first-order valence-electron chi connectivity index (χ1n) is 9.05. The molecule has 139 valence electrons. The van der Waals surface area contributed by atoms with Gasteiger partial charge in [-0.05, 0) is 0 Å². The molecule has 0 aliphatic carbocycles. The Morgan fingerprint density at radius 2 is 0.571 bits per heavy atom. The van der Waals surface area contributed by atoms with Gasteiger partial charge in [-0.3, -0.25) is 5.90 Å². The van der Waals surface area contributed by atoms with Gasteiger partial charge in [0, 0.05) is 0 Å². The van der Waals surface area contributed by atoms with Crippen LogP contribution in [0.2, 0.25) is 0 Å². The topological polar surface area (TPSA) is 0 Å². The van der Waals surface area contributed by atoms with E-state index in [1.807, 2.05) is 0 Å². The SMILES string of the molecule is [Ru+].c1ccc(P([CH-]P(c2ccccc2)c2ccccc2)c2ccccc2)cc1. The molecule has 4 aromatic carbocycles. The molecule has 0 atom stereocenters. The zero-order valence-corrected chi connectivity index (χ0v) is 18.9. The summed E-state index contributed by atoms with van der Waals surface area (Å²) < 4.78 is 0. The third-order valence-electron chi connectivity index (χ3n) is 4.37. The standard InChI is InChI=1S/C25H21P2.Ru/c1-5-13-22(14-6-1)26(23-15-7-2-8-16-23)21-27(24-17-9-3-10-18-24)25-19-11-4-12-20-25;/h1-21H;/q-1;+1. The van der Waals surface area contributed by atoms with E-state index >= 15 is 0 Å². The summed E-state index contributed by atoms with van der Waals surface area (Å²) in [4.78, 5) is 0. The van der Waals surface area contributed by atoms with Crippen molar-refractivity contribution in [1.29, 1.82) is 0 Å². The first kappa shape index (κ1) is 21.1. The van der Waals surface area contributed by atoms with E-state index in [-0.39, 0.29) is 19.5 Å². The molecule has 0 saturated carbocycles. The van der Waals surface area contributed by atoms with Crippen LogP contribution >= 0.6 is 15.8 Å². The average molecular weight is 484 g/mol. The third-order valence-corrected chi connectivity index (χ3v) is 9.63. The van der Waals surface area contributed by atoms with Crippen molar-refractivity contribution < 1.29 is 19.5 Å². The second-order valence-electron chi connectivity index (χ2n) is 6.20. The van der Waals surface area contributed by atoms with Gasteiger partial charge in [0.2, 0.25) is 0 Å². The second-order valence-corrected chi connectivity index (χ2v) is 10.7. The summed E-state index contributed by atoms with van der Waals surface area (Å²) >= 11 is 0. The van der Waals surface area contributed by atoms with Crippen molar-refractivity contribution in [2.75, 3.05) is 0 Å². The number of hydrogen-bond donors (Lipinski definition) is 0. The van der Waals surface area contributed by atoms with Gasteiger partial charge in [-0.1, -0.05) is 143 Å². The molecule has 4 rings (SSSR count). The van der Waals surface area contributed by atoms with Crippen LogP contribution in [0, 0.1) is 5.90 Å². The van der Waals surface area contributed by atoms with Crippen LogP contribution in [0.5, 0.6) is 0 Å². The molecule has 0 aliphatic heterocycles. The van der Waals surface area contributed by atoms with E-state index < -0.39 is 15.8 Å². The van der Waals surface area contributed by atoms with Gasteiger partial charge in [-0.2, -0.15) is 15.8 Å². The Labute approximate surface area is 183 Å². The van der Waals surface area contributed by atoms with Gasteiger partial charge in [0.15, 0.2) is 0 Å². The van der Waals surface area contributed by atoms with Gasteiger partial charge < -0.3 is 0 Å². The fraction of sp³-hybridized carbons (Fsp3) is 0. The van der Waals surface area contributed by atoms with Crippen molar-refractivity contribution in [2.24, 2.45) is 0 Å². The summed E-state index contributed by atoms with van der Waals surface area (Å²) in [5, 5.41) is 5.60.